The van der Waals surface area contributed by atoms with Gasteiger partial charge in [0.2, 0.25) is 0 Å². The van der Waals surface area contributed by atoms with E-state index in [9.17, 15) is 9.90 Å². The van der Waals surface area contributed by atoms with Gasteiger partial charge in [0.15, 0.2) is 5.78 Å². The molecule has 1 aromatic rings. The van der Waals surface area contributed by atoms with Crippen LogP contribution in [-0.2, 0) is 16.1 Å². The first-order valence-corrected chi connectivity index (χ1v) is 12.9. The number of hydrogen-bond donors (Lipinski definition) is 1. The third kappa shape index (κ3) is 3.50. The van der Waals surface area contributed by atoms with Crippen LogP contribution in [0.4, 0.5) is 0 Å². The van der Waals surface area contributed by atoms with Crippen molar-refractivity contribution in [1.29, 1.82) is 0 Å². The molecule has 8 atom stereocenters. The summed E-state index contributed by atoms with van der Waals surface area (Å²) < 4.78 is 7.19. The van der Waals surface area contributed by atoms with E-state index >= 15 is 0 Å². The summed E-state index contributed by atoms with van der Waals surface area (Å²) in [6, 6.07) is 1.98. The molecule has 4 fully saturated rings. The van der Waals surface area contributed by atoms with Crippen molar-refractivity contribution >= 4 is 5.78 Å². The van der Waals surface area contributed by atoms with E-state index < -0.39 is 5.60 Å². The molecule has 4 aliphatic rings. The topological polar surface area (TPSA) is 64.3 Å². The second-order valence-electron chi connectivity index (χ2n) is 12.3. The van der Waals surface area contributed by atoms with E-state index in [4.69, 9.17) is 4.74 Å². The van der Waals surface area contributed by atoms with Crippen molar-refractivity contribution < 1.29 is 14.6 Å². The van der Waals surface area contributed by atoms with Gasteiger partial charge in [-0.2, -0.15) is 5.10 Å². The molecule has 0 aliphatic heterocycles. The van der Waals surface area contributed by atoms with Crippen LogP contribution in [0.25, 0.3) is 0 Å². The average molecular weight is 443 g/mol. The lowest BCUT2D eigenvalue weighted by molar-refractivity contribution is -0.164. The van der Waals surface area contributed by atoms with Gasteiger partial charge in [-0.15, -0.1) is 0 Å². The third-order valence-corrected chi connectivity index (χ3v) is 10.7. The second-order valence-corrected chi connectivity index (χ2v) is 12.3. The van der Waals surface area contributed by atoms with Crippen molar-refractivity contribution in [2.45, 2.75) is 90.7 Å². The van der Waals surface area contributed by atoms with Crippen LogP contribution >= 0.6 is 0 Å². The summed E-state index contributed by atoms with van der Waals surface area (Å²) in [6.45, 7) is 7.83. The van der Waals surface area contributed by atoms with Crippen molar-refractivity contribution in [3.05, 3.63) is 18.0 Å². The van der Waals surface area contributed by atoms with Crippen LogP contribution in [0.5, 0.6) is 0 Å². The van der Waals surface area contributed by atoms with Gasteiger partial charge >= 0.3 is 0 Å². The Morgan fingerprint density at radius 1 is 1.12 bits per heavy atom. The van der Waals surface area contributed by atoms with Crippen LogP contribution in [0.3, 0.4) is 0 Å². The second kappa shape index (κ2) is 7.94. The number of hydrogen-bond acceptors (Lipinski definition) is 4. The van der Waals surface area contributed by atoms with Gasteiger partial charge in [0.05, 0.1) is 24.4 Å². The van der Waals surface area contributed by atoms with Gasteiger partial charge < -0.3 is 9.84 Å². The Morgan fingerprint density at radius 3 is 2.62 bits per heavy atom. The third-order valence-electron chi connectivity index (χ3n) is 10.7. The fourth-order valence-electron chi connectivity index (χ4n) is 9.07. The van der Waals surface area contributed by atoms with Gasteiger partial charge in [0.1, 0.15) is 0 Å². The fourth-order valence-corrected chi connectivity index (χ4v) is 9.07. The van der Waals surface area contributed by atoms with Gasteiger partial charge in [-0.1, -0.05) is 13.8 Å². The van der Waals surface area contributed by atoms with E-state index in [1.165, 1.54) is 32.1 Å². The summed E-state index contributed by atoms with van der Waals surface area (Å²) in [5, 5.41) is 15.5. The van der Waals surface area contributed by atoms with Crippen LogP contribution in [0.2, 0.25) is 0 Å². The minimum atomic E-state index is -0.634. The lowest BCUT2D eigenvalue weighted by Crippen LogP contribution is -2.56. The smallest absolute Gasteiger partial charge is 0.157 e. The van der Waals surface area contributed by atoms with Crippen molar-refractivity contribution in [2.75, 3.05) is 13.7 Å². The van der Waals surface area contributed by atoms with Gasteiger partial charge in [0.25, 0.3) is 0 Å². The standard InChI is InChI=1S/C27H42N2O3/c1-18-10-14-29(28-18)16-24(30)23-8-7-21-20-6-5-19-15-27(31,17-32-4)13-12-25(19,2)22(20)9-11-26(21,23)3/h10,14,19-23,31H,5-9,11-13,15-17H2,1-4H3/t19-,20-,21-,22-,23+,25-,26-,27+/m0/s1. The number of fused-ring (bicyclic) bond motifs is 5. The Balaban J connectivity index is 1.32. The molecule has 0 spiro atoms. The first-order chi connectivity index (χ1) is 15.2. The molecule has 5 nitrogen and oxygen atoms in total. The molecule has 1 N–H and O–H groups in total. The van der Waals surface area contributed by atoms with Crippen LogP contribution in [0.1, 0.15) is 77.3 Å². The maximum atomic E-state index is 13.4. The molecule has 0 unspecified atom stereocenters. The Hall–Kier alpha value is -1.20. The van der Waals surface area contributed by atoms with Crippen molar-refractivity contribution in [1.82, 2.24) is 9.78 Å². The molecule has 5 heteroatoms. The Bertz CT molecular complexity index is 867. The maximum Gasteiger partial charge on any atom is 0.157 e. The van der Waals surface area contributed by atoms with Gasteiger partial charge in [0, 0.05) is 19.2 Å². The minimum Gasteiger partial charge on any atom is -0.387 e. The highest BCUT2D eigenvalue weighted by Crippen LogP contribution is 2.68. The summed E-state index contributed by atoms with van der Waals surface area (Å²) in [7, 11) is 1.70. The fraction of sp³-hybridized carbons (Fsp3) is 0.852. The number of Topliss-reactive ketones (excluding diaryl/α,β-unsaturated/α-hetero) is 1. The molecule has 4 saturated carbocycles. The van der Waals surface area contributed by atoms with E-state index in [1.54, 1.807) is 7.11 Å². The molecule has 1 aromatic heterocycles. The Labute approximate surface area is 193 Å². The minimum absolute atomic E-state index is 0.148. The SMILES string of the molecule is COC[C@@]1(O)CC[C@@]2(C)[C@@H](CC[C@@H]3[C@@H]2CC[C@]2(C)[C@@H](C(=O)Cn4ccc(C)n4)CC[C@@H]32)C1. The normalized spacial score (nSPS) is 45.7. The molecular formula is C27H42N2O3. The molecule has 0 bridgehead atoms. The predicted octanol–water partition coefficient (Wildman–Crippen LogP) is 4.80. The largest absolute Gasteiger partial charge is 0.387 e. The molecule has 1 heterocycles. The summed E-state index contributed by atoms with van der Waals surface area (Å²) >= 11 is 0. The maximum absolute atomic E-state index is 13.4. The highest BCUT2D eigenvalue weighted by molar-refractivity contribution is 5.82. The summed E-state index contributed by atoms with van der Waals surface area (Å²) in [6.07, 6.45) is 12.0. The Morgan fingerprint density at radius 2 is 1.91 bits per heavy atom. The number of aryl methyl sites for hydroxylation is 1. The molecule has 32 heavy (non-hydrogen) atoms. The monoisotopic (exact) mass is 442 g/mol. The molecule has 5 rings (SSSR count). The van der Waals surface area contributed by atoms with E-state index in [2.05, 4.69) is 18.9 Å². The molecular weight excluding hydrogens is 400 g/mol. The number of carbonyl (C=O) groups is 1. The number of rotatable bonds is 5. The van der Waals surface area contributed by atoms with Gasteiger partial charge in [-0.3, -0.25) is 9.48 Å². The highest BCUT2D eigenvalue weighted by atomic mass is 16.5. The average Bonchev–Trinajstić information content (AvgIpc) is 3.31. The van der Waals surface area contributed by atoms with Crippen LogP contribution in [0, 0.1) is 47.3 Å². The number of ketones is 1. The molecule has 178 valence electrons. The molecule has 0 radical (unpaired) electrons. The summed E-state index contributed by atoms with van der Waals surface area (Å²) in [4.78, 5) is 13.4. The first-order valence-electron chi connectivity index (χ1n) is 12.9. The lowest BCUT2D eigenvalue weighted by atomic mass is 9.44. The van der Waals surface area contributed by atoms with Crippen LogP contribution in [0.15, 0.2) is 12.3 Å². The summed E-state index contributed by atoms with van der Waals surface area (Å²) in [5.74, 6) is 3.33. The molecule has 0 saturated heterocycles. The number of aliphatic hydroxyl groups is 1. The number of methoxy groups -OCH3 is 1. The van der Waals surface area contributed by atoms with Gasteiger partial charge in [-0.25, -0.2) is 0 Å². The molecule has 4 aliphatic carbocycles. The number of ether oxygens (including phenoxy) is 1. The Kier molecular flexibility index (Phi) is 5.60. The number of carbonyl (C=O) groups excluding carboxylic acids is 1. The van der Waals surface area contributed by atoms with Crippen molar-refractivity contribution in [3.8, 4) is 0 Å². The van der Waals surface area contributed by atoms with Crippen molar-refractivity contribution in [3.63, 3.8) is 0 Å². The zero-order valence-corrected chi connectivity index (χ0v) is 20.5. The summed E-state index contributed by atoms with van der Waals surface area (Å²) in [5.41, 5.74) is 0.822. The number of aromatic nitrogens is 2. The van der Waals surface area contributed by atoms with E-state index in [-0.39, 0.29) is 11.3 Å². The van der Waals surface area contributed by atoms with Crippen molar-refractivity contribution in [2.24, 2.45) is 40.4 Å². The van der Waals surface area contributed by atoms with E-state index in [0.717, 1.165) is 43.2 Å². The molecule has 0 amide bonds. The van der Waals surface area contributed by atoms with Crippen LogP contribution < -0.4 is 0 Å². The van der Waals surface area contributed by atoms with Gasteiger partial charge in [-0.05, 0) is 105 Å². The van der Waals surface area contributed by atoms with E-state index in [1.807, 2.05) is 23.9 Å². The number of nitrogens with zero attached hydrogens (tertiary/aromatic N) is 2. The predicted molar refractivity (Wildman–Crippen MR) is 124 cm³/mol. The molecule has 0 aromatic carbocycles. The first kappa shape index (κ1) is 22.6. The highest BCUT2D eigenvalue weighted by Gasteiger charge is 2.62. The van der Waals surface area contributed by atoms with E-state index in [0.29, 0.717) is 36.2 Å². The quantitative estimate of drug-likeness (QED) is 0.712. The van der Waals surface area contributed by atoms with Crippen LogP contribution in [-0.4, -0.2) is 40.0 Å². The zero-order chi connectivity index (χ0) is 22.7. The lowest BCUT2D eigenvalue weighted by Gasteiger charge is -2.62. The zero-order valence-electron chi connectivity index (χ0n) is 20.5.